The van der Waals surface area contributed by atoms with Gasteiger partial charge in [0.05, 0.1) is 10.5 Å². The summed E-state index contributed by atoms with van der Waals surface area (Å²) in [5, 5.41) is 59.5. The molecule has 0 bridgehead atoms. The van der Waals surface area contributed by atoms with Crippen LogP contribution in [0.25, 0.3) is 0 Å². The molecule has 0 aliphatic rings. The van der Waals surface area contributed by atoms with Crippen LogP contribution in [0.5, 0.6) is 34.5 Å². The molecule has 6 N–H and O–H groups in total. The van der Waals surface area contributed by atoms with Crippen LogP contribution in [0.3, 0.4) is 0 Å². The van der Waals surface area contributed by atoms with E-state index in [9.17, 15) is 30.6 Å². The van der Waals surface area contributed by atoms with Crippen molar-refractivity contribution in [3.63, 3.8) is 0 Å². The lowest BCUT2D eigenvalue weighted by Crippen LogP contribution is -1.99. The Morgan fingerprint density at radius 3 is 1.84 bits per heavy atom. The predicted octanol–water partition coefficient (Wildman–Crippen LogP) is 3.81. The van der Waals surface area contributed by atoms with Crippen molar-refractivity contribution < 1.29 is 30.6 Å². The number of phenols is 6. The number of benzene rings is 2. The van der Waals surface area contributed by atoms with Crippen LogP contribution in [0.15, 0.2) is 15.9 Å². The first-order valence-electron chi connectivity index (χ1n) is 7.07. The topological polar surface area (TPSA) is 121 Å². The minimum Gasteiger partial charge on any atom is -0.506 e. The highest BCUT2D eigenvalue weighted by molar-refractivity contribution is 9.07. The van der Waals surface area contributed by atoms with Gasteiger partial charge in [-0.3, -0.25) is 0 Å². The molecule has 0 amide bonds. The van der Waals surface area contributed by atoms with Crippen molar-refractivity contribution in [1.82, 2.24) is 0 Å². The van der Waals surface area contributed by atoms with E-state index in [2.05, 4.69) is 0 Å². The standard InChI is InChI=1S/C16H18O6S3/c1-6-11(18)9(17)5-10(12(6)19)23-24-25(4)16-8(3)14(21)13(20)7(2)15(16)22/h5H,1-4H3,(H5-,17,18,19,20,21,22)/p+1. The zero-order valence-electron chi connectivity index (χ0n) is 14.0. The molecular weight excluding hydrogens is 384 g/mol. The molecule has 0 heterocycles. The minimum absolute atomic E-state index is 0.0827. The number of phenolic OH excluding ortho intramolecular Hbond substituents is 6. The van der Waals surface area contributed by atoms with Crippen LogP contribution in [0, 0.1) is 20.8 Å². The van der Waals surface area contributed by atoms with Crippen LogP contribution in [0.2, 0.25) is 0 Å². The Morgan fingerprint density at radius 2 is 1.24 bits per heavy atom. The van der Waals surface area contributed by atoms with E-state index >= 15 is 0 Å². The van der Waals surface area contributed by atoms with Crippen molar-refractivity contribution >= 4 is 30.5 Å². The Bertz CT molecular complexity index is 809. The SMILES string of the molecule is Cc1c(O)c(O)cc(SS[S+](C)c2c(C)c(O)c(O)c(C)c2O)c1O. The van der Waals surface area contributed by atoms with Gasteiger partial charge in [0.15, 0.2) is 38.6 Å². The van der Waals surface area contributed by atoms with Crippen molar-refractivity contribution in [2.75, 3.05) is 6.26 Å². The molecule has 1 unspecified atom stereocenters. The maximum Gasteiger partial charge on any atom is 0.217 e. The van der Waals surface area contributed by atoms with E-state index in [-0.39, 0.29) is 45.6 Å². The number of hydrogen-bond donors (Lipinski definition) is 6. The molecule has 25 heavy (non-hydrogen) atoms. The third-order valence-corrected chi connectivity index (χ3v) is 9.96. The highest BCUT2D eigenvalue weighted by Gasteiger charge is 2.32. The molecule has 0 aliphatic carbocycles. The summed E-state index contributed by atoms with van der Waals surface area (Å²) < 4.78 is 0. The van der Waals surface area contributed by atoms with E-state index < -0.39 is 9.93 Å². The van der Waals surface area contributed by atoms with Crippen LogP contribution in [0.1, 0.15) is 16.7 Å². The van der Waals surface area contributed by atoms with Gasteiger partial charge in [-0.15, -0.1) is 0 Å². The van der Waals surface area contributed by atoms with Crippen LogP contribution in [0.4, 0.5) is 0 Å². The molecule has 9 heteroatoms. The van der Waals surface area contributed by atoms with Gasteiger partial charge in [-0.2, -0.15) is 0 Å². The predicted molar refractivity (Wildman–Crippen MR) is 102 cm³/mol. The quantitative estimate of drug-likeness (QED) is 0.197. The highest BCUT2D eigenvalue weighted by atomic mass is 33.5. The Morgan fingerprint density at radius 1 is 0.720 bits per heavy atom. The summed E-state index contributed by atoms with van der Waals surface area (Å²) in [5.74, 6) is -1.51. The van der Waals surface area contributed by atoms with E-state index in [0.29, 0.717) is 15.4 Å². The second kappa shape index (κ2) is 7.27. The van der Waals surface area contributed by atoms with Crippen LogP contribution >= 0.6 is 20.6 Å². The molecule has 0 saturated carbocycles. The van der Waals surface area contributed by atoms with Gasteiger partial charge in [0.25, 0.3) is 0 Å². The van der Waals surface area contributed by atoms with Crippen molar-refractivity contribution in [1.29, 1.82) is 0 Å². The van der Waals surface area contributed by atoms with Crippen LogP contribution in [-0.2, 0) is 9.93 Å². The van der Waals surface area contributed by atoms with Crippen molar-refractivity contribution in [3.8, 4) is 34.5 Å². The monoisotopic (exact) mass is 403 g/mol. The minimum atomic E-state index is -0.609. The Labute approximate surface area is 155 Å². The molecule has 6 nitrogen and oxygen atoms in total. The van der Waals surface area contributed by atoms with Gasteiger partial charge in [-0.1, -0.05) is 0 Å². The van der Waals surface area contributed by atoms with Gasteiger partial charge in [-0.05, 0) is 20.8 Å². The van der Waals surface area contributed by atoms with E-state index in [0.717, 1.165) is 0 Å². The summed E-state index contributed by atoms with van der Waals surface area (Å²) in [7, 11) is 1.87. The lowest BCUT2D eigenvalue weighted by Gasteiger charge is -2.13. The van der Waals surface area contributed by atoms with Crippen molar-refractivity contribution in [2.24, 2.45) is 0 Å². The number of rotatable bonds is 4. The van der Waals surface area contributed by atoms with Gasteiger partial charge in [0, 0.05) is 28.0 Å². The zero-order chi connectivity index (χ0) is 19.0. The third kappa shape index (κ3) is 3.49. The summed E-state index contributed by atoms with van der Waals surface area (Å²) in [6, 6.07) is 1.26. The number of hydrogen-bond acceptors (Lipinski definition) is 8. The molecule has 0 aromatic heterocycles. The average molecular weight is 404 g/mol. The smallest absolute Gasteiger partial charge is 0.217 e. The second-order valence-electron chi connectivity index (χ2n) is 5.45. The first kappa shape index (κ1) is 19.6. The summed E-state index contributed by atoms with van der Waals surface area (Å²) in [6.45, 7) is 4.60. The molecule has 0 spiro atoms. The molecular formula is C16H19O6S3+. The normalized spacial score (nSPS) is 12.3. The Kier molecular flexibility index (Phi) is 5.70. The lowest BCUT2D eigenvalue weighted by molar-refractivity contribution is 0.384. The van der Waals surface area contributed by atoms with E-state index in [4.69, 9.17) is 0 Å². The molecule has 2 aromatic carbocycles. The number of aromatic hydroxyl groups is 6. The Balaban J connectivity index is 2.33. The maximum absolute atomic E-state index is 10.3. The van der Waals surface area contributed by atoms with Crippen LogP contribution < -0.4 is 0 Å². The fraction of sp³-hybridized carbons (Fsp3) is 0.250. The molecule has 0 fully saturated rings. The van der Waals surface area contributed by atoms with Gasteiger partial charge < -0.3 is 30.6 Å². The van der Waals surface area contributed by atoms with Gasteiger partial charge in [-0.25, -0.2) is 0 Å². The summed E-state index contributed by atoms with van der Waals surface area (Å²) >= 11 is 0. The maximum atomic E-state index is 10.3. The van der Waals surface area contributed by atoms with E-state index in [1.165, 1.54) is 40.5 Å². The fourth-order valence-electron chi connectivity index (χ4n) is 2.21. The lowest BCUT2D eigenvalue weighted by atomic mass is 10.1. The molecule has 0 aliphatic heterocycles. The van der Waals surface area contributed by atoms with Crippen LogP contribution in [-0.4, -0.2) is 36.9 Å². The molecule has 136 valence electrons. The third-order valence-electron chi connectivity index (χ3n) is 3.81. The molecule has 0 saturated heterocycles. The first-order valence-corrected chi connectivity index (χ1v) is 11.4. The first-order chi connectivity index (χ1) is 11.6. The Hall–Kier alpha value is -1.71. The van der Waals surface area contributed by atoms with Gasteiger partial charge >= 0.3 is 0 Å². The van der Waals surface area contributed by atoms with Crippen molar-refractivity contribution in [2.45, 2.75) is 30.6 Å². The molecule has 2 rings (SSSR count). The largest absolute Gasteiger partial charge is 0.506 e. The van der Waals surface area contributed by atoms with E-state index in [1.54, 1.807) is 6.92 Å². The fourth-order valence-corrected chi connectivity index (χ4v) is 7.71. The van der Waals surface area contributed by atoms with Gasteiger partial charge in [0.1, 0.15) is 21.9 Å². The molecule has 1 atom stereocenters. The average Bonchev–Trinajstić information content (AvgIpc) is 2.58. The summed E-state index contributed by atoms with van der Waals surface area (Å²) in [4.78, 5) is 0.874. The summed E-state index contributed by atoms with van der Waals surface area (Å²) in [6.07, 6.45) is 1.83. The van der Waals surface area contributed by atoms with E-state index in [1.807, 2.05) is 6.26 Å². The molecule has 2 aromatic rings. The highest BCUT2D eigenvalue weighted by Crippen LogP contribution is 2.52. The second-order valence-corrected chi connectivity index (χ2v) is 11.1. The summed E-state index contributed by atoms with van der Waals surface area (Å²) in [5.41, 5.74) is 0.758. The van der Waals surface area contributed by atoms with Gasteiger partial charge in [0.2, 0.25) is 4.90 Å². The molecule has 0 radical (unpaired) electrons. The van der Waals surface area contributed by atoms with Crippen molar-refractivity contribution in [3.05, 3.63) is 22.8 Å². The zero-order valence-corrected chi connectivity index (χ0v) is 16.4.